The summed E-state index contributed by atoms with van der Waals surface area (Å²) in [6, 6.07) is 6.53. The Bertz CT molecular complexity index is 449. The van der Waals surface area contributed by atoms with Crippen molar-refractivity contribution in [3.63, 3.8) is 0 Å². The molecule has 0 bridgehead atoms. The smallest absolute Gasteiger partial charge is 0.335 e. The molecule has 5 nitrogen and oxygen atoms in total. The van der Waals surface area contributed by atoms with Gasteiger partial charge in [0.2, 0.25) is 0 Å². The SMILES string of the molecule is CC1OCCC1CNCCOc1cccc(C(=O)O)c1. The molecule has 2 rings (SSSR count). The molecule has 1 fully saturated rings. The Kier molecular flexibility index (Phi) is 5.38. The molecule has 1 aromatic rings. The molecule has 2 N–H and O–H groups in total. The van der Waals surface area contributed by atoms with Gasteiger partial charge in [0.1, 0.15) is 12.4 Å². The fraction of sp³-hybridized carbons (Fsp3) is 0.533. The van der Waals surface area contributed by atoms with Gasteiger partial charge in [-0.15, -0.1) is 0 Å². The van der Waals surface area contributed by atoms with Gasteiger partial charge in [0.25, 0.3) is 0 Å². The van der Waals surface area contributed by atoms with E-state index in [1.807, 2.05) is 0 Å². The van der Waals surface area contributed by atoms with Gasteiger partial charge in [-0.2, -0.15) is 0 Å². The molecule has 1 heterocycles. The van der Waals surface area contributed by atoms with Gasteiger partial charge in [-0.25, -0.2) is 4.79 Å². The van der Waals surface area contributed by atoms with Gasteiger partial charge in [0, 0.05) is 19.7 Å². The molecule has 0 saturated carbocycles. The first kappa shape index (κ1) is 14.8. The fourth-order valence-corrected chi connectivity index (χ4v) is 2.29. The molecule has 1 aromatic carbocycles. The lowest BCUT2D eigenvalue weighted by molar-refractivity contribution is 0.0696. The van der Waals surface area contributed by atoms with Gasteiger partial charge >= 0.3 is 5.97 Å². The molecule has 0 aliphatic carbocycles. The Morgan fingerprint density at radius 1 is 1.55 bits per heavy atom. The molecular weight excluding hydrogens is 258 g/mol. The average molecular weight is 279 g/mol. The Hall–Kier alpha value is -1.59. The Morgan fingerprint density at radius 2 is 2.40 bits per heavy atom. The van der Waals surface area contributed by atoms with Gasteiger partial charge in [0.15, 0.2) is 0 Å². The minimum Gasteiger partial charge on any atom is -0.492 e. The molecule has 1 aliphatic heterocycles. The maximum Gasteiger partial charge on any atom is 0.335 e. The van der Waals surface area contributed by atoms with Crippen LogP contribution >= 0.6 is 0 Å². The lowest BCUT2D eigenvalue weighted by atomic mass is 10.0. The van der Waals surface area contributed by atoms with Crippen LogP contribution in [0.3, 0.4) is 0 Å². The number of aromatic carboxylic acids is 1. The number of hydrogen-bond acceptors (Lipinski definition) is 4. The van der Waals surface area contributed by atoms with Crippen molar-refractivity contribution >= 4 is 5.97 Å². The van der Waals surface area contributed by atoms with E-state index in [0.717, 1.165) is 26.1 Å². The fourth-order valence-electron chi connectivity index (χ4n) is 2.29. The zero-order valence-corrected chi connectivity index (χ0v) is 11.7. The third kappa shape index (κ3) is 4.21. The summed E-state index contributed by atoms with van der Waals surface area (Å²) in [4.78, 5) is 10.8. The Balaban J connectivity index is 1.65. The molecule has 0 spiro atoms. The highest BCUT2D eigenvalue weighted by Crippen LogP contribution is 2.19. The minimum atomic E-state index is -0.941. The van der Waals surface area contributed by atoms with Crippen molar-refractivity contribution < 1.29 is 19.4 Å². The van der Waals surface area contributed by atoms with E-state index in [1.165, 1.54) is 6.07 Å². The van der Waals surface area contributed by atoms with E-state index in [0.29, 0.717) is 24.4 Å². The number of carboxylic acid groups (broad SMARTS) is 1. The van der Waals surface area contributed by atoms with Crippen LogP contribution in [0.1, 0.15) is 23.7 Å². The normalized spacial score (nSPS) is 21.9. The molecule has 2 unspecified atom stereocenters. The maximum absolute atomic E-state index is 10.8. The van der Waals surface area contributed by atoms with Gasteiger partial charge in [-0.1, -0.05) is 6.07 Å². The lowest BCUT2D eigenvalue weighted by Gasteiger charge is -2.15. The third-order valence-electron chi connectivity index (χ3n) is 3.57. The van der Waals surface area contributed by atoms with Crippen LogP contribution in [0, 0.1) is 5.92 Å². The standard InChI is InChI=1S/C15H21NO4/c1-11-13(5-7-19-11)10-16-6-8-20-14-4-2-3-12(9-14)15(17)18/h2-4,9,11,13,16H,5-8,10H2,1H3,(H,17,18). The zero-order chi connectivity index (χ0) is 14.4. The molecular formula is C15H21NO4. The van der Waals surface area contributed by atoms with Crippen molar-refractivity contribution in [3.05, 3.63) is 29.8 Å². The summed E-state index contributed by atoms with van der Waals surface area (Å²) >= 11 is 0. The molecule has 5 heteroatoms. The van der Waals surface area contributed by atoms with Crippen molar-refractivity contribution in [1.82, 2.24) is 5.32 Å². The first-order chi connectivity index (χ1) is 9.66. The number of nitrogens with one attached hydrogen (secondary N) is 1. The summed E-state index contributed by atoms with van der Waals surface area (Å²) in [5.74, 6) is 0.221. The monoisotopic (exact) mass is 279 g/mol. The number of carboxylic acids is 1. The van der Waals surface area contributed by atoms with Crippen molar-refractivity contribution in [1.29, 1.82) is 0 Å². The van der Waals surface area contributed by atoms with Crippen LogP contribution in [-0.4, -0.2) is 43.5 Å². The molecule has 1 aliphatic rings. The second kappa shape index (κ2) is 7.26. The van der Waals surface area contributed by atoms with Crippen LogP contribution in [-0.2, 0) is 4.74 Å². The van der Waals surface area contributed by atoms with Gasteiger partial charge in [0.05, 0.1) is 11.7 Å². The zero-order valence-electron chi connectivity index (χ0n) is 11.7. The van der Waals surface area contributed by atoms with Crippen LogP contribution in [0.5, 0.6) is 5.75 Å². The predicted molar refractivity (Wildman–Crippen MR) is 75.3 cm³/mol. The summed E-state index contributed by atoms with van der Waals surface area (Å²) in [5.41, 5.74) is 0.243. The highest BCUT2D eigenvalue weighted by molar-refractivity contribution is 5.87. The summed E-state index contributed by atoms with van der Waals surface area (Å²) in [7, 11) is 0. The molecule has 2 atom stereocenters. The summed E-state index contributed by atoms with van der Waals surface area (Å²) in [6.07, 6.45) is 1.44. The van der Waals surface area contributed by atoms with E-state index in [-0.39, 0.29) is 5.56 Å². The molecule has 1 saturated heterocycles. The van der Waals surface area contributed by atoms with E-state index in [1.54, 1.807) is 18.2 Å². The van der Waals surface area contributed by atoms with Crippen LogP contribution in [0.2, 0.25) is 0 Å². The highest BCUT2D eigenvalue weighted by Gasteiger charge is 2.23. The number of ether oxygens (including phenoxy) is 2. The number of hydrogen-bond donors (Lipinski definition) is 2. The van der Waals surface area contributed by atoms with Crippen molar-refractivity contribution in [2.75, 3.05) is 26.3 Å². The molecule has 0 aromatic heterocycles. The lowest BCUT2D eigenvalue weighted by Crippen LogP contribution is -2.30. The third-order valence-corrected chi connectivity index (χ3v) is 3.57. The van der Waals surface area contributed by atoms with E-state index >= 15 is 0 Å². The van der Waals surface area contributed by atoms with Crippen molar-refractivity contribution in [2.24, 2.45) is 5.92 Å². The Morgan fingerprint density at radius 3 is 3.10 bits per heavy atom. The second-order valence-electron chi connectivity index (χ2n) is 5.01. The quantitative estimate of drug-likeness (QED) is 0.745. The van der Waals surface area contributed by atoms with E-state index < -0.39 is 5.97 Å². The van der Waals surface area contributed by atoms with Crippen molar-refractivity contribution in [3.8, 4) is 5.75 Å². The van der Waals surface area contributed by atoms with E-state index in [9.17, 15) is 4.79 Å². The summed E-state index contributed by atoms with van der Waals surface area (Å²) in [6.45, 7) is 5.14. The minimum absolute atomic E-state index is 0.243. The highest BCUT2D eigenvalue weighted by atomic mass is 16.5. The van der Waals surface area contributed by atoms with Crippen LogP contribution in [0.15, 0.2) is 24.3 Å². The van der Waals surface area contributed by atoms with Gasteiger partial charge < -0.3 is 19.9 Å². The van der Waals surface area contributed by atoms with Gasteiger partial charge in [-0.3, -0.25) is 0 Å². The number of carbonyl (C=O) groups is 1. The second-order valence-corrected chi connectivity index (χ2v) is 5.01. The van der Waals surface area contributed by atoms with Gasteiger partial charge in [-0.05, 0) is 37.5 Å². The molecule has 20 heavy (non-hydrogen) atoms. The largest absolute Gasteiger partial charge is 0.492 e. The summed E-state index contributed by atoms with van der Waals surface area (Å²) < 4.78 is 11.0. The average Bonchev–Trinajstić information content (AvgIpc) is 2.84. The number of benzene rings is 1. The predicted octanol–water partition coefficient (Wildman–Crippen LogP) is 1.78. The van der Waals surface area contributed by atoms with E-state index in [2.05, 4.69) is 12.2 Å². The maximum atomic E-state index is 10.8. The van der Waals surface area contributed by atoms with Crippen LogP contribution in [0.4, 0.5) is 0 Å². The Labute approximate surface area is 118 Å². The molecule has 0 radical (unpaired) electrons. The molecule has 0 amide bonds. The first-order valence-electron chi connectivity index (χ1n) is 6.95. The van der Waals surface area contributed by atoms with Crippen LogP contribution < -0.4 is 10.1 Å². The number of rotatable bonds is 7. The topological polar surface area (TPSA) is 67.8 Å². The van der Waals surface area contributed by atoms with Crippen molar-refractivity contribution in [2.45, 2.75) is 19.4 Å². The molecule has 110 valence electrons. The van der Waals surface area contributed by atoms with Crippen LogP contribution in [0.25, 0.3) is 0 Å². The first-order valence-corrected chi connectivity index (χ1v) is 6.95. The summed E-state index contributed by atoms with van der Waals surface area (Å²) in [5, 5.41) is 12.2. The van der Waals surface area contributed by atoms with E-state index in [4.69, 9.17) is 14.6 Å².